The number of anilines is 1. The molecule has 0 atom stereocenters. The first-order valence-electron chi connectivity index (χ1n) is 5.85. The molecule has 0 saturated heterocycles. The summed E-state index contributed by atoms with van der Waals surface area (Å²) in [4.78, 5) is 6.55. The summed E-state index contributed by atoms with van der Waals surface area (Å²) < 4.78 is 26.5. The van der Waals surface area contributed by atoms with Crippen LogP contribution >= 0.6 is 0 Å². The van der Waals surface area contributed by atoms with E-state index in [0.717, 1.165) is 5.56 Å². The van der Waals surface area contributed by atoms with Crippen molar-refractivity contribution in [1.82, 2.24) is 9.97 Å². The molecule has 104 valence electrons. The maximum Gasteiger partial charge on any atom is 0.278 e. The number of rotatable bonds is 3. The average Bonchev–Trinajstić information content (AvgIpc) is 2.85. The van der Waals surface area contributed by atoms with Gasteiger partial charge in [0.1, 0.15) is 5.82 Å². The molecular formula is C13H14N4O2S. The number of nitrogens with zero attached hydrogens (tertiary/aromatic N) is 1. The zero-order valence-electron chi connectivity index (χ0n) is 10.8. The quantitative estimate of drug-likeness (QED) is 0.729. The summed E-state index contributed by atoms with van der Waals surface area (Å²) in [5.41, 5.74) is 6.51. The van der Waals surface area contributed by atoms with E-state index in [9.17, 15) is 8.42 Å². The van der Waals surface area contributed by atoms with Gasteiger partial charge < -0.3 is 10.7 Å². The second-order valence-corrected chi connectivity index (χ2v) is 5.67. The minimum absolute atomic E-state index is 0.0296. The number of nitrogens with two attached hydrogens (primary N) is 1. The van der Waals surface area contributed by atoms with Gasteiger partial charge in [-0.05, 0) is 31.2 Å². The number of imidazole rings is 1. The fraction of sp³-hybridized carbons (Fsp3) is 0.154. The molecule has 6 nitrogen and oxygen atoms in total. The molecule has 0 aliphatic heterocycles. The van der Waals surface area contributed by atoms with E-state index in [2.05, 4.69) is 26.5 Å². The number of aryl methyl sites for hydroxylation is 1. The number of benzene rings is 1. The van der Waals surface area contributed by atoms with Crippen LogP contribution in [0, 0.1) is 18.8 Å². The molecule has 0 amide bonds. The minimum atomic E-state index is -3.65. The summed E-state index contributed by atoms with van der Waals surface area (Å²) in [5, 5.41) is 0.0296. The van der Waals surface area contributed by atoms with E-state index in [-0.39, 0.29) is 11.6 Å². The molecule has 0 bridgehead atoms. The highest BCUT2D eigenvalue weighted by atomic mass is 32.2. The molecule has 0 unspecified atom stereocenters. The maximum absolute atomic E-state index is 12.0. The highest BCUT2D eigenvalue weighted by Crippen LogP contribution is 2.15. The van der Waals surface area contributed by atoms with Crippen molar-refractivity contribution < 1.29 is 8.42 Å². The monoisotopic (exact) mass is 290 g/mol. The van der Waals surface area contributed by atoms with Crippen LogP contribution in [-0.2, 0) is 10.0 Å². The van der Waals surface area contributed by atoms with Gasteiger partial charge in [0.15, 0.2) is 5.03 Å². The molecule has 0 spiro atoms. The largest absolute Gasteiger partial charge is 0.332 e. The molecule has 7 heteroatoms. The van der Waals surface area contributed by atoms with E-state index < -0.39 is 10.0 Å². The van der Waals surface area contributed by atoms with Crippen LogP contribution in [0.3, 0.4) is 0 Å². The molecule has 1 heterocycles. The van der Waals surface area contributed by atoms with Crippen molar-refractivity contribution in [3.05, 3.63) is 41.9 Å². The van der Waals surface area contributed by atoms with Crippen LogP contribution in [0.15, 0.2) is 35.5 Å². The Hall–Kier alpha value is -2.30. The third-order valence-electron chi connectivity index (χ3n) is 2.44. The van der Waals surface area contributed by atoms with E-state index in [1.807, 2.05) is 0 Å². The molecule has 0 radical (unpaired) electrons. The molecule has 0 aliphatic carbocycles. The molecule has 1 aromatic carbocycles. The minimum Gasteiger partial charge on any atom is -0.332 e. The molecule has 20 heavy (non-hydrogen) atoms. The number of H-pyrrole nitrogens is 1. The first-order valence-corrected chi connectivity index (χ1v) is 7.33. The summed E-state index contributed by atoms with van der Waals surface area (Å²) in [6.07, 6.45) is 1.28. The summed E-state index contributed by atoms with van der Waals surface area (Å²) in [6.45, 7) is 1.97. The van der Waals surface area contributed by atoms with Gasteiger partial charge in [0, 0.05) is 11.3 Å². The van der Waals surface area contributed by atoms with Gasteiger partial charge in [-0.15, -0.1) is 0 Å². The van der Waals surface area contributed by atoms with Crippen LogP contribution in [-0.4, -0.2) is 24.9 Å². The second-order valence-electron chi connectivity index (χ2n) is 4.02. The molecule has 1 aromatic heterocycles. The van der Waals surface area contributed by atoms with Gasteiger partial charge in [-0.25, -0.2) is 4.98 Å². The lowest BCUT2D eigenvalue weighted by Gasteiger charge is -2.05. The lowest BCUT2D eigenvalue weighted by molar-refractivity contribution is 0.598. The Morgan fingerprint density at radius 1 is 1.35 bits per heavy atom. The van der Waals surface area contributed by atoms with Crippen molar-refractivity contribution in [3.63, 3.8) is 0 Å². The van der Waals surface area contributed by atoms with Crippen LogP contribution < -0.4 is 10.5 Å². The number of nitrogens with one attached hydrogen (secondary N) is 2. The van der Waals surface area contributed by atoms with Crippen molar-refractivity contribution in [2.45, 2.75) is 11.9 Å². The predicted molar refractivity (Wildman–Crippen MR) is 76.5 cm³/mol. The Morgan fingerprint density at radius 3 is 2.60 bits per heavy atom. The fourth-order valence-electron chi connectivity index (χ4n) is 1.52. The first-order chi connectivity index (χ1) is 9.51. The summed E-state index contributed by atoms with van der Waals surface area (Å²) >= 11 is 0. The molecule has 0 saturated carbocycles. The third-order valence-corrected chi connectivity index (χ3v) is 3.73. The van der Waals surface area contributed by atoms with Gasteiger partial charge in [-0.3, -0.25) is 4.72 Å². The fourth-order valence-corrected chi connectivity index (χ4v) is 2.55. The summed E-state index contributed by atoms with van der Waals surface area (Å²) in [6, 6.07) is 6.72. The molecule has 2 aromatic rings. The number of aromatic amines is 1. The van der Waals surface area contributed by atoms with Crippen molar-refractivity contribution in [2.75, 3.05) is 11.3 Å². The number of aromatic nitrogens is 2. The summed E-state index contributed by atoms with van der Waals surface area (Å²) in [7, 11) is -3.65. The van der Waals surface area contributed by atoms with E-state index in [1.54, 1.807) is 31.2 Å². The predicted octanol–water partition coefficient (Wildman–Crippen LogP) is 0.829. The number of sulfonamides is 1. The van der Waals surface area contributed by atoms with E-state index in [4.69, 9.17) is 5.73 Å². The van der Waals surface area contributed by atoms with E-state index in [1.165, 1.54) is 6.20 Å². The Kier molecular flexibility index (Phi) is 4.08. The van der Waals surface area contributed by atoms with Gasteiger partial charge in [-0.2, -0.15) is 8.42 Å². The van der Waals surface area contributed by atoms with Gasteiger partial charge in [0.25, 0.3) is 10.0 Å². The van der Waals surface area contributed by atoms with Crippen LogP contribution in [0.2, 0.25) is 0 Å². The van der Waals surface area contributed by atoms with Crippen LogP contribution in [0.1, 0.15) is 11.4 Å². The van der Waals surface area contributed by atoms with Crippen molar-refractivity contribution in [1.29, 1.82) is 0 Å². The average molecular weight is 290 g/mol. The summed E-state index contributed by atoms with van der Waals surface area (Å²) in [5.74, 6) is 6.13. The number of hydrogen-bond acceptors (Lipinski definition) is 4. The van der Waals surface area contributed by atoms with Crippen molar-refractivity contribution >= 4 is 15.7 Å². The van der Waals surface area contributed by atoms with Crippen LogP contribution in [0.25, 0.3) is 0 Å². The lowest BCUT2D eigenvalue weighted by Crippen LogP contribution is -2.13. The normalized spacial score (nSPS) is 10.7. The molecule has 4 N–H and O–H groups in total. The highest BCUT2D eigenvalue weighted by molar-refractivity contribution is 7.92. The second kappa shape index (κ2) is 5.77. The van der Waals surface area contributed by atoms with Crippen LogP contribution in [0.4, 0.5) is 5.69 Å². The highest BCUT2D eigenvalue weighted by Gasteiger charge is 2.16. The molecular weight excluding hydrogens is 276 g/mol. The molecule has 0 fully saturated rings. The van der Waals surface area contributed by atoms with Gasteiger partial charge in [0.2, 0.25) is 0 Å². The zero-order chi connectivity index (χ0) is 14.6. The third kappa shape index (κ3) is 3.38. The Bertz CT molecular complexity index is 752. The molecule has 0 aliphatic rings. The molecule has 2 rings (SSSR count). The SMILES string of the molecule is Cc1ncc(S(=O)(=O)Nc2ccc(C#CCN)cc2)[nH]1. The Labute approximate surface area is 117 Å². The van der Waals surface area contributed by atoms with Crippen LogP contribution in [0.5, 0.6) is 0 Å². The first kappa shape index (κ1) is 14.1. The Balaban J connectivity index is 2.17. The van der Waals surface area contributed by atoms with Gasteiger partial charge >= 0.3 is 0 Å². The van der Waals surface area contributed by atoms with E-state index in [0.29, 0.717) is 11.5 Å². The number of hydrogen-bond donors (Lipinski definition) is 3. The smallest absolute Gasteiger partial charge is 0.278 e. The van der Waals surface area contributed by atoms with E-state index >= 15 is 0 Å². The lowest BCUT2D eigenvalue weighted by atomic mass is 10.2. The van der Waals surface area contributed by atoms with Gasteiger partial charge in [0.05, 0.1) is 12.7 Å². The standard InChI is InChI=1S/C13H14N4O2S/c1-10-15-9-13(16-10)20(18,19)17-12-6-4-11(5-7-12)3-2-8-14/h4-7,9,17H,8,14H2,1H3,(H,15,16). The van der Waals surface area contributed by atoms with Crippen molar-refractivity contribution in [3.8, 4) is 11.8 Å². The Morgan fingerprint density at radius 2 is 2.05 bits per heavy atom. The maximum atomic E-state index is 12.0. The van der Waals surface area contributed by atoms with Gasteiger partial charge in [-0.1, -0.05) is 11.8 Å². The topological polar surface area (TPSA) is 101 Å². The zero-order valence-corrected chi connectivity index (χ0v) is 11.7. The van der Waals surface area contributed by atoms with Crippen molar-refractivity contribution in [2.24, 2.45) is 5.73 Å².